The fraction of sp³-hybridized carbons (Fsp3) is 0.462. The fourth-order valence-electron chi connectivity index (χ4n) is 2.60. The van der Waals surface area contributed by atoms with Gasteiger partial charge in [0.05, 0.1) is 11.4 Å². The second-order valence-electron chi connectivity index (χ2n) is 4.61. The number of nitrogens with zero attached hydrogens (tertiary/aromatic N) is 1. The number of amides is 1. The standard InChI is InChI=1S/C13H17N3O/c1-2-9-3-4-11-10(7-9)15-13(17)12-8-14-5-6-16(11)12/h3-4,7,12,14H,2,5-6,8H2,1H3,(H,15,17). The third-order valence-corrected chi connectivity index (χ3v) is 3.58. The Balaban J connectivity index is 2.02. The fourth-order valence-corrected chi connectivity index (χ4v) is 2.60. The maximum absolute atomic E-state index is 12.0. The van der Waals surface area contributed by atoms with Gasteiger partial charge in [-0.1, -0.05) is 13.0 Å². The minimum Gasteiger partial charge on any atom is -0.356 e. The number of aryl methyl sites for hydroxylation is 1. The molecular weight excluding hydrogens is 214 g/mol. The number of benzene rings is 1. The average Bonchev–Trinajstić information content (AvgIpc) is 2.38. The molecule has 0 radical (unpaired) electrons. The van der Waals surface area contributed by atoms with Crippen LogP contribution in [0, 0.1) is 0 Å². The van der Waals surface area contributed by atoms with Crippen LogP contribution in [0.15, 0.2) is 18.2 Å². The molecule has 1 aromatic carbocycles. The van der Waals surface area contributed by atoms with Crippen LogP contribution in [0.1, 0.15) is 12.5 Å². The van der Waals surface area contributed by atoms with Crippen LogP contribution in [0.3, 0.4) is 0 Å². The Labute approximate surface area is 101 Å². The summed E-state index contributed by atoms with van der Waals surface area (Å²) in [4.78, 5) is 14.2. The topological polar surface area (TPSA) is 44.4 Å². The van der Waals surface area contributed by atoms with Crippen molar-refractivity contribution in [3.05, 3.63) is 23.8 Å². The monoisotopic (exact) mass is 231 g/mol. The molecule has 0 saturated carbocycles. The first-order valence-electron chi connectivity index (χ1n) is 6.20. The molecule has 0 bridgehead atoms. The molecule has 4 heteroatoms. The molecule has 2 N–H and O–H groups in total. The molecule has 1 aromatic rings. The van der Waals surface area contributed by atoms with Gasteiger partial charge < -0.3 is 15.5 Å². The highest BCUT2D eigenvalue weighted by Gasteiger charge is 2.34. The van der Waals surface area contributed by atoms with E-state index in [9.17, 15) is 4.79 Å². The van der Waals surface area contributed by atoms with E-state index < -0.39 is 0 Å². The summed E-state index contributed by atoms with van der Waals surface area (Å²) in [5.41, 5.74) is 3.39. The van der Waals surface area contributed by atoms with Crippen molar-refractivity contribution >= 4 is 17.3 Å². The minimum absolute atomic E-state index is 0.0521. The Hall–Kier alpha value is -1.55. The number of piperazine rings is 1. The van der Waals surface area contributed by atoms with E-state index in [-0.39, 0.29) is 11.9 Å². The maximum atomic E-state index is 12.0. The van der Waals surface area contributed by atoms with Crippen molar-refractivity contribution in [3.63, 3.8) is 0 Å². The SMILES string of the molecule is CCc1ccc2c(c1)NC(=O)C1CNCCN21. The van der Waals surface area contributed by atoms with E-state index in [1.54, 1.807) is 0 Å². The number of carbonyl (C=O) groups excluding carboxylic acids is 1. The highest BCUT2D eigenvalue weighted by molar-refractivity contribution is 6.04. The molecular formula is C13H17N3O. The molecule has 1 amide bonds. The van der Waals surface area contributed by atoms with Crippen molar-refractivity contribution < 1.29 is 4.79 Å². The van der Waals surface area contributed by atoms with Crippen molar-refractivity contribution in [1.82, 2.24) is 5.32 Å². The maximum Gasteiger partial charge on any atom is 0.248 e. The summed E-state index contributed by atoms with van der Waals surface area (Å²) in [5.74, 6) is 0.109. The number of nitrogens with one attached hydrogen (secondary N) is 2. The molecule has 17 heavy (non-hydrogen) atoms. The number of hydrogen-bond acceptors (Lipinski definition) is 3. The summed E-state index contributed by atoms with van der Waals surface area (Å²) in [6.07, 6.45) is 0.994. The second kappa shape index (κ2) is 4.04. The molecule has 1 atom stereocenters. The van der Waals surface area contributed by atoms with Gasteiger partial charge in [0, 0.05) is 19.6 Å². The van der Waals surface area contributed by atoms with E-state index in [1.807, 2.05) is 0 Å². The normalized spacial score (nSPS) is 22.8. The molecule has 0 aliphatic carbocycles. The summed E-state index contributed by atoms with van der Waals surface area (Å²) in [5, 5.41) is 6.28. The lowest BCUT2D eigenvalue weighted by atomic mass is 10.0. The molecule has 2 aliphatic heterocycles. The van der Waals surface area contributed by atoms with Gasteiger partial charge >= 0.3 is 0 Å². The lowest BCUT2D eigenvalue weighted by Crippen LogP contribution is -2.58. The smallest absolute Gasteiger partial charge is 0.248 e. The van der Waals surface area contributed by atoms with Crippen LogP contribution in [0.2, 0.25) is 0 Å². The molecule has 1 saturated heterocycles. The van der Waals surface area contributed by atoms with Gasteiger partial charge in [-0.05, 0) is 24.1 Å². The number of hydrogen-bond donors (Lipinski definition) is 2. The van der Waals surface area contributed by atoms with Gasteiger partial charge in [-0.2, -0.15) is 0 Å². The zero-order valence-corrected chi connectivity index (χ0v) is 9.99. The van der Waals surface area contributed by atoms with Gasteiger partial charge in [-0.15, -0.1) is 0 Å². The molecule has 2 heterocycles. The predicted molar refractivity (Wildman–Crippen MR) is 68.5 cm³/mol. The molecule has 3 rings (SSSR count). The van der Waals surface area contributed by atoms with Gasteiger partial charge in [0.1, 0.15) is 6.04 Å². The average molecular weight is 231 g/mol. The van der Waals surface area contributed by atoms with E-state index in [4.69, 9.17) is 0 Å². The molecule has 0 aromatic heterocycles. The number of rotatable bonds is 1. The van der Waals surface area contributed by atoms with Crippen molar-refractivity contribution in [1.29, 1.82) is 0 Å². The van der Waals surface area contributed by atoms with Crippen LogP contribution in [0.5, 0.6) is 0 Å². The summed E-state index contributed by atoms with van der Waals surface area (Å²) < 4.78 is 0. The first-order valence-corrected chi connectivity index (χ1v) is 6.20. The van der Waals surface area contributed by atoms with Crippen molar-refractivity contribution in [2.24, 2.45) is 0 Å². The first kappa shape index (κ1) is 10.6. The quantitative estimate of drug-likeness (QED) is 0.757. The lowest BCUT2D eigenvalue weighted by Gasteiger charge is -2.41. The summed E-state index contributed by atoms with van der Waals surface area (Å²) in [6, 6.07) is 6.32. The highest BCUT2D eigenvalue weighted by Crippen LogP contribution is 2.33. The Morgan fingerprint density at radius 1 is 1.47 bits per heavy atom. The van der Waals surface area contributed by atoms with Crippen molar-refractivity contribution in [3.8, 4) is 0 Å². The molecule has 2 aliphatic rings. The van der Waals surface area contributed by atoms with Crippen LogP contribution in [0.4, 0.5) is 11.4 Å². The van der Waals surface area contributed by atoms with Crippen LogP contribution in [0.25, 0.3) is 0 Å². The highest BCUT2D eigenvalue weighted by atomic mass is 16.2. The van der Waals surface area contributed by atoms with Gasteiger partial charge in [-0.3, -0.25) is 4.79 Å². The molecule has 90 valence electrons. The Bertz CT molecular complexity index is 458. The molecule has 1 fully saturated rings. The van der Waals surface area contributed by atoms with E-state index in [2.05, 4.69) is 40.7 Å². The minimum atomic E-state index is -0.0521. The van der Waals surface area contributed by atoms with Crippen LogP contribution < -0.4 is 15.5 Å². The van der Waals surface area contributed by atoms with E-state index in [0.717, 1.165) is 37.4 Å². The van der Waals surface area contributed by atoms with E-state index in [1.165, 1.54) is 5.56 Å². The molecule has 0 spiro atoms. The zero-order chi connectivity index (χ0) is 11.8. The Morgan fingerprint density at radius 3 is 3.18 bits per heavy atom. The second-order valence-corrected chi connectivity index (χ2v) is 4.61. The van der Waals surface area contributed by atoms with Crippen molar-refractivity contribution in [2.45, 2.75) is 19.4 Å². The van der Waals surface area contributed by atoms with Gasteiger partial charge in [0.15, 0.2) is 0 Å². The Morgan fingerprint density at radius 2 is 2.35 bits per heavy atom. The number of fused-ring (bicyclic) bond motifs is 3. The Kier molecular flexibility index (Phi) is 2.52. The van der Waals surface area contributed by atoms with Crippen LogP contribution >= 0.6 is 0 Å². The largest absolute Gasteiger partial charge is 0.356 e. The summed E-state index contributed by atoms with van der Waals surface area (Å²) in [7, 11) is 0. The van der Waals surface area contributed by atoms with E-state index >= 15 is 0 Å². The molecule has 1 unspecified atom stereocenters. The van der Waals surface area contributed by atoms with Crippen LogP contribution in [-0.4, -0.2) is 31.6 Å². The summed E-state index contributed by atoms with van der Waals surface area (Å²) in [6.45, 7) is 4.70. The van der Waals surface area contributed by atoms with Gasteiger partial charge in [0.2, 0.25) is 5.91 Å². The third kappa shape index (κ3) is 1.69. The van der Waals surface area contributed by atoms with Crippen LogP contribution in [-0.2, 0) is 11.2 Å². The number of carbonyl (C=O) groups is 1. The predicted octanol–water partition coefficient (Wildman–Crippen LogP) is 0.979. The number of anilines is 2. The lowest BCUT2D eigenvalue weighted by molar-refractivity contribution is -0.117. The van der Waals surface area contributed by atoms with Crippen molar-refractivity contribution in [2.75, 3.05) is 29.9 Å². The first-order chi connectivity index (χ1) is 8.29. The third-order valence-electron chi connectivity index (χ3n) is 3.58. The zero-order valence-electron chi connectivity index (χ0n) is 9.99. The van der Waals surface area contributed by atoms with Gasteiger partial charge in [0.25, 0.3) is 0 Å². The summed E-state index contributed by atoms with van der Waals surface area (Å²) >= 11 is 0. The van der Waals surface area contributed by atoms with Gasteiger partial charge in [-0.25, -0.2) is 0 Å². The van der Waals surface area contributed by atoms with E-state index in [0.29, 0.717) is 0 Å². The molecule has 4 nitrogen and oxygen atoms in total.